The van der Waals surface area contributed by atoms with Gasteiger partial charge >= 0.3 is 0 Å². The Morgan fingerprint density at radius 2 is 2.30 bits per heavy atom. The molecule has 5 nitrogen and oxygen atoms in total. The fraction of sp³-hybridized carbons (Fsp3) is 0.308. The van der Waals surface area contributed by atoms with E-state index in [1.54, 1.807) is 18.7 Å². The van der Waals surface area contributed by atoms with Gasteiger partial charge in [0.2, 0.25) is 5.89 Å². The van der Waals surface area contributed by atoms with Crippen LogP contribution in [0.2, 0.25) is 0 Å². The molecule has 0 aliphatic heterocycles. The van der Waals surface area contributed by atoms with Crippen molar-refractivity contribution in [2.24, 2.45) is 5.73 Å². The first kappa shape index (κ1) is 14.8. The fourth-order valence-electron chi connectivity index (χ4n) is 1.85. The third-order valence-corrected chi connectivity index (χ3v) is 3.70. The number of rotatable bonds is 6. The standard InChI is InChI=1S/C13H16N4OS2/c1-8-16-11(18-17-8)6-7-15-9-4-3-5-10(20-2)12(9)13(14)19/h3-5,15H,6-7H2,1-2H3,(H2,14,19). The molecule has 1 aromatic heterocycles. The van der Waals surface area contributed by atoms with Gasteiger partial charge in [-0.3, -0.25) is 0 Å². The van der Waals surface area contributed by atoms with Gasteiger partial charge in [0.1, 0.15) is 4.99 Å². The second kappa shape index (κ2) is 6.71. The van der Waals surface area contributed by atoms with Gasteiger partial charge in [0.05, 0.1) is 0 Å². The normalized spacial score (nSPS) is 10.5. The van der Waals surface area contributed by atoms with E-state index < -0.39 is 0 Å². The Kier molecular flexibility index (Phi) is 4.97. The average Bonchev–Trinajstić information content (AvgIpc) is 2.83. The predicted molar refractivity (Wildman–Crippen MR) is 85.3 cm³/mol. The number of hydrogen-bond acceptors (Lipinski definition) is 6. The number of nitrogens with two attached hydrogens (primary N) is 1. The highest BCUT2D eigenvalue weighted by Crippen LogP contribution is 2.27. The van der Waals surface area contributed by atoms with E-state index in [4.69, 9.17) is 22.5 Å². The summed E-state index contributed by atoms with van der Waals surface area (Å²) in [5.41, 5.74) is 7.63. The number of benzene rings is 1. The summed E-state index contributed by atoms with van der Waals surface area (Å²) in [6.45, 7) is 2.47. The molecule has 1 heterocycles. The molecular formula is C13H16N4OS2. The minimum Gasteiger partial charge on any atom is -0.389 e. The molecular weight excluding hydrogens is 292 g/mol. The summed E-state index contributed by atoms with van der Waals surface area (Å²) in [5, 5.41) is 7.08. The molecule has 2 rings (SSSR count). The van der Waals surface area contributed by atoms with Crippen molar-refractivity contribution in [3.8, 4) is 0 Å². The van der Waals surface area contributed by atoms with E-state index in [9.17, 15) is 0 Å². The zero-order valence-corrected chi connectivity index (χ0v) is 13.0. The molecule has 0 bridgehead atoms. The predicted octanol–water partition coefficient (Wildman–Crippen LogP) is 2.39. The van der Waals surface area contributed by atoms with Gasteiger partial charge in [0, 0.05) is 29.1 Å². The third kappa shape index (κ3) is 3.49. The molecule has 0 aliphatic rings. The lowest BCUT2D eigenvalue weighted by Crippen LogP contribution is -2.15. The maximum absolute atomic E-state index is 5.81. The van der Waals surface area contributed by atoms with Crippen molar-refractivity contribution in [3.63, 3.8) is 0 Å². The van der Waals surface area contributed by atoms with Gasteiger partial charge in [-0.2, -0.15) is 4.98 Å². The van der Waals surface area contributed by atoms with E-state index in [2.05, 4.69) is 15.5 Å². The van der Waals surface area contributed by atoms with Gasteiger partial charge in [-0.05, 0) is 25.3 Å². The number of aromatic nitrogens is 2. The van der Waals surface area contributed by atoms with E-state index in [0.29, 0.717) is 29.7 Å². The lowest BCUT2D eigenvalue weighted by molar-refractivity contribution is 0.377. The van der Waals surface area contributed by atoms with E-state index >= 15 is 0 Å². The van der Waals surface area contributed by atoms with E-state index in [-0.39, 0.29) is 0 Å². The van der Waals surface area contributed by atoms with Gasteiger partial charge in [0.15, 0.2) is 5.82 Å². The second-order valence-corrected chi connectivity index (χ2v) is 5.45. The summed E-state index contributed by atoms with van der Waals surface area (Å²) in [6.07, 6.45) is 2.66. The van der Waals surface area contributed by atoms with Crippen molar-refractivity contribution in [1.29, 1.82) is 0 Å². The fourth-order valence-corrected chi connectivity index (χ4v) is 2.77. The topological polar surface area (TPSA) is 77.0 Å². The number of thiocarbonyl (C=S) groups is 1. The summed E-state index contributed by atoms with van der Waals surface area (Å²) < 4.78 is 5.07. The SMILES string of the molecule is CSc1cccc(NCCc2nc(C)no2)c1C(N)=S. The van der Waals surface area contributed by atoms with Crippen LogP contribution < -0.4 is 11.1 Å². The van der Waals surface area contributed by atoms with Gasteiger partial charge in [-0.1, -0.05) is 23.4 Å². The van der Waals surface area contributed by atoms with Crippen LogP contribution >= 0.6 is 24.0 Å². The Morgan fingerprint density at radius 3 is 2.90 bits per heavy atom. The molecule has 0 aliphatic carbocycles. The molecule has 0 radical (unpaired) electrons. The van der Waals surface area contributed by atoms with Crippen LogP contribution in [0.25, 0.3) is 0 Å². The van der Waals surface area contributed by atoms with Crippen LogP contribution in [0.1, 0.15) is 17.3 Å². The van der Waals surface area contributed by atoms with Crippen molar-refractivity contribution in [3.05, 3.63) is 35.5 Å². The summed E-state index contributed by atoms with van der Waals surface area (Å²) in [7, 11) is 0. The minimum absolute atomic E-state index is 0.395. The highest BCUT2D eigenvalue weighted by molar-refractivity contribution is 7.98. The Bertz CT molecular complexity index is 612. The molecule has 3 N–H and O–H groups in total. The van der Waals surface area contributed by atoms with Gasteiger partial charge in [0.25, 0.3) is 0 Å². The molecule has 0 unspecified atom stereocenters. The second-order valence-electron chi connectivity index (χ2n) is 4.16. The number of nitrogens with zero attached hydrogens (tertiary/aromatic N) is 2. The highest BCUT2D eigenvalue weighted by atomic mass is 32.2. The van der Waals surface area contributed by atoms with Crippen molar-refractivity contribution in [2.45, 2.75) is 18.2 Å². The van der Waals surface area contributed by atoms with E-state index in [1.165, 1.54) is 0 Å². The summed E-state index contributed by atoms with van der Waals surface area (Å²) >= 11 is 6.76. The summed E-state index contributed by atoms with van der Waals surface area (Å²) in [5.74, 6) is 1.26. The number of hydrogen-bond donors (Lipinski definition) is 2. The summed E-state index contributed by atoms with van der Waals surface area (Å²) in [6, 6.07) is 5.95. The minimum atomic E-state index is 0.395. The van der Waals surface area contributed by atoms with Crippen molar-refractivity contribution >= 4 is 34.7 Å². The Balaban J connectivity index is 2.07. The molecule has 20 heavy (non-hydrogen) atoms. The molecule has 2 aromatic rings. The Hall–Kier alpha value is -1.60. The van der Waals surface area contributed by atoms with E-state index in [1.807, 2.05) is 24.5 Å². The maximum Gasteiger partial charge on any atom is 0.228 e. The van der Waals surface area contributed by atoms with Crippen LogP contribution in [0.5, 0.6) is 0 Å². The van der Waals surface area contributed by atoms with Gasteiger partial charge in [-0.15, -0.1) is 11.8 Å². The van der Waals surface area contributed by atoms with Crippen LogP contribution in [0.15, 0.2) is 27.6 Å². The molecule has 1 aromatic carbocycles. The average molecular weight is 308 g/mol. The zero-order chi connectivity index (χ0) is 14.5. The molecule has 106 valence electrons. The lowest BCUT2D eigenvalue weighted by Gasteiger charge is -2.13. The lowest BCUT2D eigenvalue weighted by atomic mass is 10.1. The van der Waals surface area contributed by atoms with Crippen LogP contribution in [0.3, 0.4) is 0 Å². The molecule has 0 spiro atoms. The van der Waals surface area contributed by atoms with Crippen LogP contribution in [0.4, 0.5) is 5.69 Å². The number of nitrogens with one attached hydrogen (secondary N) is 1. The molecule has 0 amide bonds. The maximum atomic E-state index is 5.81. The molecule has 0 fully saturated rings. The van der Waals surface area contributed by atoms with E-state index in [0.717, 1.165) is 16.1 Å². The monoisotopic (exact) mass is 308 g/mol. The first-order valence-corrected chi connectivity index (χ1v) is 7.75. The highest BCUT2D eigenvalue weighted by Gasteiger charge is 2.10. The largest absolute Gasteiger partial charge is 0.389 e. The zero-order valence-electron chi connectivity index (χ0n) is 11.3. The van der Waals surface area contributed by atoms with Crippen LogP contribution in [0, 0.1) is 6.92 Å². The third-order valence-electron chi connectivity index (χ3n) is 2.72. The number of thioether (sulfide) groups is 1. The quantitative estimate of drug-likeness (QED) is 0.626. The van der Waals surface area contributed by atoms with Gasteiger partial charge in [-0.25, -0.2) is 0 Å². The van der Waals surface area contributed by atoms with Gasteiger partial charge < -0.3 is 15.6 Å². The van der Waals surface area contributed by atoms with Crippen molar-refractivity contribution < 1.29 is 4.52 Å². The molecule has 0 saturated carbocycles. The first-order chi connectivity index (χ1) is 9.61. The molecule has 0 atom stereocenters. The summed E-state index contributed by atoms with van der Waals surface area (Å²) in [4.78, 5) is 5.62. The van der Waals surface area contributed by atoms with Crippen molar-refractivity contribution in [2.75, 3.05) is 18.1 Å². The first-order valence-electron chi connectivity index (χ1n) is 6.11. The van der Waals surface area contributed by atoms with Crippen molar-refractivity contribution in [1.82, 2.24) is 10.1 Å². The number of anilines is 1. The Morgan fingerprint density at radius 1 is 1.50 bits per heavy atom. The van der Waals surface area contributed by atoms with Crippen LogP contribution in [-0.4, -0.2) is 27.9 Å². The Labute approximate surface area is 127 Å². The van der Waals surface area contributed by atoms with Crippen LogP contribution in [-0.2, 0) is 6.42 Å². The number of aryl methyl sites for hydroxylation is 1. The molecule has 0 saturated heterocycles. The smallest absolute Gasteiger partial charge is 0.228 e. The molecule has 7 heteroatoms.